The fraction of sp³-hybridized carbons (Fsp3) is 0.733. The van der Waals surface area contributed by atoms with E-state index < -0.39 is 0 Å². The monoisotopic (exact) mass is 357 g/mol. The number of carbonyl (C=O) groups is 1. The van der Waals surface area contributed by atoms with E-state index in [0.29, 0.717) is 25.3 Å². The van der Waals surface area contributed by atoms with Crippen LogP contribution in [0.2, 0.25) is 0 Å². The third-order valence-corrected chi connectivity index (χ3v) is 4.37. The highest BCUT2D eigenvalue weighted by Crippen LogP contribution is 2.23. The predicted molar refractivity (Wildman–Crippen MR) is 85.9 cm³/mol. The smallest absolute Gasteiger partial charge is 0.272 e. The average Bonchev–Trinajstić information content (AvgIpc) is 2.87. The number of alkyl halides is 1. The molecule has 1 saturated heterocycles. The average molecular weight is 358 g/mol. The van der Waals surface area contributed by atoms with Crippen LogP contribution >= 0.6 is 15.9 Å². The van der Waals surface area contributed by atoms with Crippen molar-refractivity contribution in [3.05, 3.63) is 17.5 Å². The van der Waals surface area contributed by atoms with Gasteiger partial charge in [0.15, 0.2) is 0 Å². The highest BCUT2D eigenvalue weighted by molar-refractivity contribution is 9.09. The normalized spacial score (nSPS) is 21.6. The number of halogens is 1. The van der Waals surface area contributed by atoms with Gasteiger partial charge in [0.05, 0.1) is 17.4 Å². The maximum atomic E-state index is 12.9. The molecule has 1 aromatic rings. The Bertz CT molecular complexity index is 513. The molecule has 1 unspecified atom stereocenters. The third-order valence-electron chi connectivity index (χ3n) is 3.65. The van der Waals surface area contributed by atoms with Gasteiger partial charge in [0.1, 0.15) is 5.69 Å². The molecule has 2 heterocycles. The summed E-state index contributed by atoms with van der Waals surface area (Å²) in [5.41, 5.74) is 1.32. The Hall–Kier alpha value is -0.880. The zero-order valence-corrected chi connectivity index (χ0v) is 14.8. The summed E-state index contributed by atoms with van der Waals surface area (Å²) in [4.78, 5) is 14.7. The summed E-state index contributed by atoms with van der Waals surface area (Å²) < 4.78 is 7.76. The van der Waals surface area contributed by atoms with Gasteiger partial charge >= 0.3 is 0 Å². The molecule has 0 aromatic carbocycles. The highest BCUT2D eigenvalue weighted by atomic mass is 79.9. The summed E-state index contributed by atoms with van der Waals surface area (Å²) in [5, 5.41) is 5.20. The van der Waals surface area contributed by atoms with E-state index in [0.717, 1.165) is 17.4 Å². The van der Waals surface area contributed by atoms with Crippen LogP contribution in [0.15, 0.2) is 6.07 Å². The SMILES string of the molecule is CCc1cc(C(=O)N2CC(CBr)OC(C)(C)C2)n(CC)n1. The Labute approximate surface area is 134 Å². The third kappa shape index (κ3) is 3.66. The van der Waals surface area contributed by atoms with Crippen LogP contribution in [0.1, 0.15) is 43.9 Å². The number of aromatic nitrogens is 2. The first-order valence-electron chi connectivity index (χ1n) is 7.50. The summed E-state index contributed by atoms with van der Waals surface area (Å²) >= 11 is 3.46. The van der Waals surface area contributed by atoms with Crippen molar-refractivity contribution in [2.24, 2.45) is 0 Å². The molecule has 1 aromatic heterocycles. The van der Waals surface area contributed by atoms with Crippen molar-refractivity contribution >= 4 is 21.8 Å². The van der Waals surface area contributed by atoms with E-state index in [2.05, 4.69) is 28.0 Å². The lowest BCUT2D eigenvalue weighted by atomic mass is 10.1. The Morgan fingerprint density at radius 2 is 2.24 bits per heavy atom. The van der Waals surface area contributed by atoms with Gasteiger partial charge in [0, 0.05) is 25.0 Å². The molecule has 1 amide bonds. The van der Waals surface area contributed by atoms with E-state index in [4.69, 9.17) is 4.74 Å². The second kappa shape index (κ2) is 6.48. The molecule has 0 saturated carbocycles. The number of hydrogen-bond donors (Lipinski definition) is 0. The minimum Gasteiger partial charge on any atom is -0.368 e. The van der Waals surface area contributed by atoms with Gasteiger partial charge < -0.3 is 9.64 Å². The number of hydrogen-bond acceptors (Lipinski definition) is 3. The molecule has 1 fully saturated rings. The van der Waals surface area contributed by atoms with Gasteiger partial charge in [-0.25, -0.2) is 0 Å². The zero-order chi connectivity index (χ0) is 15.6. The Morgan fingerprint density at radius 3 is 2.81 bits per heavy atom. The molecule has 6 heteroatoms. The van der Waals surface area contributed by atoms with E-state index >= 15 is 0 Å². The maximum absolute atomic E-state index is 12.9. The van der Waals surface area contributed by atoms with Gasteiger partial charge in [0.25, 0.3) is 5.91 Å². The van der Waals surface area contributed by atoms with Crippen LogP contribution in [0.25, 0.3) is 0 Å². The van der Waals surface area contributed by atoms with Crippen molar-refractivity contribution < 1.29 is 9.53 Å². The van der Waals surface area contributed by atoms with Gasteiger partial charge in [-0.2, -0.15) is 5.10 Å². The van der Waals surface area contributed by atoms with Gasteiger partial charge in [-0.3, -0.25) is 9.48 Å². The summed E-state index contributed by atoms with van der Waals surface area (Å²) in [5.74, 6) is 0.0476. The molecular formula is C15H24BrN3O2. The number of morpholine rings is 1. The molecule has 1 atom stereocenters. The van der Waals surface area contributed by atoms with Crippen molar-refractivity contribution in [2.75, 3.05) is 18.4 Å². The molecule has 2 rings (SSSR count). The lowest BCUT2D eigenvalue weighted by Gasteiger charge is -2.42. The van der Waals surface area contributed by atoms with Crippen LogP contribution in [0.4, 0.5) is 0 Å². The second-order valence-electron chi connectivity index (χ2n) is 6.03. The lowest BCUT2D eigenvalue weighted by molar-refractivity contribution is -0.116. The molecule has 0 radical (unpaired) electrons. The molecule has 0 N–H and O–H groups in total. The summed E-state index contributed by atoms with van der Waals surface area (Å²) in [6.45, 7) is 10.0. The number of nitrogens with zero attached hydrogens (tertiary/aromatic N) is 3. The summed E-state index contributed by atoms with van der Waals surface area (Å²) in [6.07, 6.45) is 0.868. The van der Waals surface area contributed by atoms with Gasteiger partial charge in [0.2, 0.25) is 0 Å². The summed E-state index contributed by atoms with van der Waals surface area (Å²) in [7, 11) is 0. The molecule has 1 aliphatic heterocycles. The van der Waals surface area contributed by atoms with Gasteiger partial charge in [-0.15, -0.1) is 0 Å². The first-order chi connectivity index (χ1) is 9.90. The molecule has 21 heavy (non-hydrogen) atoms. The van der Waals surface area contributed by atoms with Crippen molar-refractivity contribution in [3.63, 3.8) is 0 Å². The number of rotatable bonds is 4. The largest absolute Gasteiger partial charge is 0.368 e. The predicted octanol–water partition coefficient (Wildman–Crippen LogP) is 2.48. The van der Waals surface area contributed by atoms with Crippen LogP contribution < -0.4 is 0 Å². The molecule has 118 valence electrons. The van der Waals surface area contributed by atoms with Crippen LogP contribution in [0, 0.1) is 0 Å². The van der Waals surface area contributed by atoms with Crippen molar-refractivity contribution in [1.82, 2.24) is 14.7 Å². The zero-order valence-electron chi connectivity index (χ0n) is 13.2. The second-order valence-corrected chi connectivity index (χ2v) is 6.68. The fourth-order valence-corrected chi connectivity index (χ4v) is 3.09. The number of ether oxygens (including phenoxy) is 1. The minimum atomic E-state index is -0.322. The van der Waals surface area contributed by atoms with E-state index in [1.807, 2.05) is 31.7 Å². The van der Waals surface area contributed by atoms with Crippen LogP contribution in [-0.2, 0) is 17.7 Å². The van der Waals surface area contributed by atoms with Crippen LogP contribution in [0.5, 0.6) is 0 Å². The van der Waals surface area contributed by atoms with E-state index in [-0.39, 0.29) is 17.6 Å². The number of amides is 1. The Morgan fingerprint density at radius 1 is 1.52 bits per heavy atom. The van der Waals surface area contributed by atoms with Gasteiger partial charge in [-0.1, -0.05) is 22.9 Å². The lowest BCUT2D eigenvalue weighted by Crippen LogP contribution is -2.55. The highest BCUT2D eigenvalue weighted by Gasteiger charge is 2.36. The van der Waals surface area contributed by atoms with E-state index in [9.17, 15) is 4.79 Å². The topological polar surface area (TPSA) is 47.4 Å². The Balaban J connectivity index is 2.24. The molecule has 0 bridgehead atoms. The van der Waals surface area contributed by atoms with Crippen molar-refractivity contribution in [2.45, 2.75) is 52.4 Å². The molecule has 5 nitrogen and oxygen atoms in total. The van der Waals surface area contributed by atoms with Crippen molar-refractivity contribution in [3.8, 4) is 0 Å². The maximum Gasteiger partial charge on any atom is 0.272 e. The number of aryl methyl sites for hydroxylation is 2. The van der Waals surface area contributed by atoms with E-state index in [1.165, 1.54) is 0 Å². The first kappa shape index (κ1) is 16.5. The molecule has 0 spiro atoms. The minimum absolute atomic E-state index is 0.0290. The van der Waals surface area contributed by atoms with Gasteiger partial charge in [-0.05, 0) is 33.3 Å². The standard InChI is InChI=1S/C15H24BrN3O2/c1-5-11-7-13(19(6-2)17-11)14(20)18-9-12(8-16)21-15(3,4)10-18/h7,12H,5-6,8-10H2,1-4H3. The Kier molecular flexibility index (Phi) is 5.09. The van der Waals surface area contributed by atoms with E-state index in [1.54, 1.807) is 4.68 Å². The van der Waals surface area contributed by atoms with Crippen molar-refractivity contribution in [1.29, 1.82) is 0 Å². The number of carbonyl (C=O) groups excluding carboxylic acids is 1. The molecular weight excluding hydrogens is 334 g/mol. The fourth-order valence-electron chi connectivity index (χ4n) is 2.75. The quantitative estimate of drug-likeness (QED) is 0.777. The van der Waals surface area contributed by atoms with Crippen LogP contribution in [0.3, 0.4) is 0 Å². The molecule has 1 aliphatic rings. The first-order valence-corrected chi connectivity index (χ1v) is 8.62. The summed E-state index contributed by atoms with van der Waals surface area (Å²) in [6, 6.07) is 1.91. The van der Waals surface area contributed by atoms with Crippen LogP contribution in [-0.4, -0.2) is 50.7 Å². The molecule has 0 aliphatic carbocycles.